The Hall–Kier alpha value is -2.64. The van der Waals surface area contributed by atoms with E-state index in [1.807, 2.05) is 18.2 Å². The SMILES string of the molecule is N#Cc1c(Oc2ccccc2Br)cccc1-c1ccccc1F. The summed E-state index contributed by atoms with van der Waals surface area (Å²) < 4.78 is 20.7. The van der Waals surface area contributed by atoms with Gasteiger partial charge in [-0.1, -0.05) is 42.5 Å². The summed E-state index contributed by atoms with van der Waals surface area (Å²) in [5.74, 6) is 0.608. The van der Waals surface area contributed by atoms with Crippen molar-refractivity contribution in [3.8, 4) is 28.7 Å². The van der Waals surface area contributed by atoms with Crippen LogP contribution in [0, 0.1) is 17.1 Å². The third kappa shape index (κ3) is 3.10. The normalized spacial score (nSPS) is 10.1. The van der Waals surface area contributed by atoms with E-state index in [-0.39, 0.29) is 5.82 Å². The number of ether oxygens (including phenoxy) is 1. The standard InChI is InChI=1S/C19H11BrFNO/c20-16-8-2-4-10-19(16)23-18-11-5-7-13(15(18)12-22)14-6-1-3-9-17(14)21/h1-11H. The Balaban J connectivity index is 2.10. The van der Waals surface area contributed by atoms with Crippen molar-refractivity contribution in [1.82, 2.24) is 0 Å². The maximum Gasteiger partial charge on any atom is 0.145 e. The molecular weight excluding hydrogens is 357 g/mol. The Kier molecular flexibility index (Phi) is 4.40. The van der Waals surface area contributed by atoms with Gasteiger partial charge in [-0.3, -0.25) is 0 Å². The van der Waals surface area contributed by atoms with Crippen LogP contribution in [0.4, 0.5) is 4.39 Å². The van der Waals surface area contributed by atoms with Gasteiger partial charge < -0.3 is 4.74 Å². The summed E-state index contributed by atoms with van der Waals surface area (Å²) in [6.45, 7) is 0. The van der Waals surface area contributed by atoms with Gasteiger partial charge >= 0.3 is 0 Å². The van der Waals surface area contributed by atoms with Gasteiger partial charge in [0.1, 0.15) is 28.9 Å². The highest BCUT2D eigenvalue weighted by Crippen LogP contribution is 2.36. The highest BCUT2D eigenvalue weighted by Gasteiger charge is 2.15. The molecule has 0 aliphatic rings. The molecule has 0 spiro atoms. The van der Waals surface area contributed by atoms with Crippen LogP contribution in [-0.4, -0.2) is 0 Å². The van der Waals surface area contributed by atoms with E-state index in [1.165, 1.54) is 6.07 Å². The van der Waals surface area contributed by atoms with Crippen LogP contribution in [0.15, 0.2) is 71.2 Å². The molecule has 0 amide bonds. The van der Waals surface area contributed by atoms with E-state index in [0.717, 1.165) is 4.47 Å². The summed E-state index contributed by atoms with van der Waals surface area (Å²) >= 11 is 3.41. The van der Waals surface area contributed by atoms with E-state index >= 15 is 0 Å². The average Bonchev–Trinajstić information content (AvgIpc) is 2.57. The Morgan fingerprint density at radius 2 is 1.48 bits per heavy atom. The molecule has 0 atom stereocenters. The van der Waals surface area contributed by atoms with Gasteiger partial charge in [0.2, 0.25) is 0 Å². The lowest BCUT2D eigenvalue weighted by molar-refractivity contribution is 0.478. The molecule has 2 nitrogen and oxygen atoms in total. The Bertz CT molecular complexity index is 902. The molecule has 0 bridgehead atoms. The summed E-state index contributed by atoms with van der Waals surface area (Å²) in [6.07, 6.45) is 0. The predicted molar refractivity (Wildman–Crippen MR) is 90.8 cm³/mol. The van der Waals surface area contributed by atoms with Gasteiger partial charge in [-0.05, 0) is 40.2 Å². The van der Waals surface area contributed by atoms with Crippen molar-refractivity contribution >= 4 is 15.9 Å². The van der Waals surface area contributed by atoms with E-state index in [2.05, 4.69) is 22.0 Å². The largest absolute Gasteiger partial charge is 0.455 e. The molecule has 112 valence electrons. The molecule has 0 aliphatic heterocycles. The number of hydrogen-bond acceptors (Lipinski definition) is 2. The van der Waals surface area contributed by atoms with Crippen molar-refractivity contribution in [2.75, 3.05) is 0 Å². The van der Waals surface area contributed by atoms with E-state index in [4.69, 9.17) is 4.74 Å². The average molecular weight is 368 g/mol. The fraction of sp³-hybridized carbons (Fsp3) is 0. The molecule has 4 heteroatoms. The Morgan fingerprint density at radius 3 is 2.22 bits per heavy atom. The van der Waals surface area contributed by atoms with Gasteiger partial charge in [0.25, 0.3) is 0 Å². The van der Waals surface area contributed by atoms with Crippen molar-refractivity contribution in [3.05, 3.63) is 82.6 Å². The van der Waals surface area contributed by atoms with Crippen molar-refractivity contribution in [2.24, 2.45) is 0 Å². The topological polar surface area (TPSA) is 33.0 Å². The van der Waals surface area contributed by atoms with E-state index in [0.29, 0.717) is 28.2 Å². The lowest BCUT2D eigenvalue weighted by Gasteiger charge is -2.12. The van der Waals surface area contributed by atoms with Gasteiger partial charge in [0, 0.05) is 11.1 Å². The zero-order valence-corrected chi connectivity index (χ0v) is 13.5. The number of para-hydroxylation sites is 1. The fourth-order valence-corrected chi connectivity index (χ4v) is 2.65. The van der Waals surface area contributed by atoms with Crippen LogP contribution >= 0.6 is 15.9 Å². The molecular formula is C19H11BrFNO. The number of nitriles is 1. The molecule has 0 unspecified atom stereocenters. The van der Waals surface area contributed by atoms with Gasteiger partial charge in [-0.25, -0.2) is 4.39 Å². The van der Waals surface area contributed by atoms with Crippen molar-refractivity contribution < 1.29 is 9.13 Å². The van der Waals surface area contributed by atoms with Gasteiger partial charge in [0.15, 0.2) is 0 Å². The van der Waals surface area contributed by atoms with Crippen LogP contribution in [0.3, 0.4) is 0 Å². The monoisotopic (exact) mass is 367 g/mol. The summed E-state index contributed by atoms with van der Waals surface area (Å²) in [4.78, 5) is 0. The smallest absolute Gasteiger partial charge is 0.145 e. The van der Waals surface area contributed by atoms with Gasteiger partial charge in [0.05, 0.1) is 4.47 Å². The predicted octanol–water partition coefficient (Wildman–Crippen LogP) is 5.92. The summed E-state index contributed by atoms with van der Waals surface area (Å²) in [6, 6.07) is 21.0. The molecule has 0 aliphatic carbocycles. The lowest BCUT2D eigenvalue weighted by atomic mass is 9.99. The fourth-order valence-electron chi connectivity index (χ4n) is 2.28. The number of halogens is 2. The second kappa shape index (κ2) is 6.64. The van der Waals surface area contributed by atoms with E-state index in [9.17, 15) is 9.65 Å². The van der Waals surface area contributed by atoms with Crippen LogP contribution in [0.1, 0.15) is 5.56 Å². The molecule has 0 saturated heterocycles. The van der Waals surface area contributed by atoms with Gasteiger partial charge in [-0.15, -0.1) is 0 Å². The first-order chi connectivity index (χ1) is 11.2. The molecule has 0 radical (unpaired) electrons. The van der Waals surface area contributed by atoms with Crippen molar-refractivity contribution in [3.63, 3.8) is 0 Å². The number of rotatable bonds is 3. The molecule has 0 heterocycles. The minimum absolute atomic E-state index is 0.299. The third-order valence-corrected chi connectivity index (χ3v) is 4.01. The number of hydrogen-bond donors (Lipinski definition) is 0. The second-order valence-corrected chi connectivity index (χ2v) is 5.66. The maximum absolute atomic E-state index is 14.1. The molecule has 0 fully saturated rings. The van der Waals surface area contributed by atoms with Crippen molar-refractivity contribution in [2.45, 2.75) is 0 Å². The molecule has 0 saturated carbocycles. The summed E-state index contributed by atoms with van der Waals surface area (Å²) in [7, 11) is 0. The lowest BCUT2D eigenvalue weighted by Crippen LogP contribution is -1.93. The highest BCUT2D eigenvalue weighted by molar-refractivity contribution is 9.10. The molecule has 3 aromatic rings. The number of nitrogens with zero attached hydrogens (tertiary/aromatic N) is 1. The molecule has 23 heavy (non-hydrogen) atoms. The molecule has 3 aromatic carbocycles. The quantitative estimate of drug-likeness (QED) is 0.575. The first kappa shape index (κ1) is 15.3. The zero-order chi connectivity index (χ0) is 16.2. The summed E-state index contributed by atoms with van der Waals surface area (Å²) in [5, 5.41) is 9.53. The van der Waals surface area contributed by atoms with Crippen LogP contribution in [0.5, 0.6) is 11.5 Å². The first-order valence-electron chi connectivity index (χ1n) is 6.91. The van der Waals surface area contributed by atoms with Crippen LogP contribution in [0.2, 0.25) is 0 Å². The molecule has 0 aromatic heterocycles. The third-order valence-electron chi connectivity index (χ3n) is 3.36. The van der Waals surface area contributed by atoms with Crippen LogP contribution in [-0.2, 0) is 0 Å². The molecule has 0 N–H and O–H groups in total. The number of benzene rings is 3. The van der Waals surface area contributed by atoms with Crippen LogP contribution in [0.25, 0.3) is 11.1 Å². The summed E-state index contributed by atoms with van der Waals surface area (Å²) in [5.41, 5.74) is 1.19. The maximum atomic E-state index is 14.1. The van der Waals surface area contributed by atoms with E-state index < -0.39 is 0 Å². The van der Waals surface area contributed by atoms with Crippen LogP contribution < -0.4 is 4.74 Å². The zero-order valence-electron chi connectivity index (χ0n) is 12.0. The molecule has 3 rings (SSSR count). The Morgan fingerprint density at radius 1 is 0.826 bits per heavy atom. The first-order valence-corrected chi connectivity index (χ1v) is 7.70. The highest BCUT2D eigenvalue weighted by atomic mass is 79.9. The van der Waals surface area contributed by atoms with E-state index in [1.54, 1.807) is 42.5 Å². The Labute approximate surface area is 141 Å². The second-order valence-electron chi connectivity index (χ2n) is 4.80. The van der Waals surface area contributed by atoms with Gasteiger partial charge in [-0.2, -0.15) is 5.26 Å². The minimum atomic E-state index is -0.373. The minimum Gasteiger partial charge on any atom is -0.455 e. The van der Waals surface area contributed by atoms with Crippen molar-refractivity contribution in [1.29, 1.82) is 5.26 Å².